The Balaban J connectivity index is 2.41. The number of carbonyl (C=O) groups is 1. The number of unbranched alkanes of at least 4 members (excludes halogenated alkanes) is 2. The first-order valence-corrected chi connectivity index (χ1v) is 6.66. The zero-order valence-corrected chi connectivity index (χ0v) is 11.5. The molecule has 0 fully saturated rings. The normalized spacial score (nSPS) is 11.9. The maximum atomic E-state index is 10.7. The molecule has 6 heteroatoms. The summed E-state index contributed by atoms with van der Waals surface area (Å²) in [4.78, 5) is 18.9. The topological polar surface area (TPSA) is 87.1 Å². The summed E-state index contributed by atoms with van der Waals surface area (Å²) in [5, 5.41) is 15.0. The number of aromatic nitrogens is 2. The van der Waals surface area contributed by atoms with Crippen molar-refractivity contribution in [3.63, 3.8) is 0 Å². The molecule has 0 aromatic carbocycles. The van der Waals surface area contributed by atoms with Crippen LogP contribution in [0.25, 0.3) is 0 Å². The first-order valence-electron chi connectivity index (χ1n) is 6.66. The minimum absolute atomic E-state index is 0.349. The van der Waals surface area contributed by atoms with Crippen LogP contribution in [0.5, 0.6) is 0 Å². The molecule has 1 heterocycles. The quantitative estimate of drug-likeness (QED) is 0.594. The molecule has 0 saturated carbocycles. The standard InChI is InChI=1S/C13H22N4O2/c1-3-4-5-6-14-11-7-12(17-9-16-11)15-8-10(2)13(18)19/h7,9-10H,3-6,8H2,1-2H3,(H,18,19)(H2,14,15,16,17). The number of rotatable bonds is 9. The molecule has 1 rings (SSSR count). The van der Waals surface area contributed by atoms with Gasteiger partial charge in [-0.15, -0.1) is 0 Å². The number of carboxylic acids is 1. The average molecular weight is 266 g/mol. The third kappa shape index (κ3) is 6.03. The van der Waals surface area contributed by atoms with Gasteiger partial charge in [-0.05, 0) is 6.42 Å². The van der Waals surface area contributed by atoms with Gasteiger partial charge in [0.15, 0.2) is 0 Å². The smallest absolute Gasteiger partial charge is 0.308 e. The molecule has 0 amide bonds. The van der Waals surface area contributed by atoms with Crippen LogP contribution in [0.2, 0.25) is 0 Å². The molecule has 0 radical (unpaired) electrons. The second-order valence-electron chi connectivity index (χ2n) is 4.54. The van der Waals surface area contributed by atoms with E-state index in [4.69, 9.17) is 5.11 Å². The van der Waals surface area contributed by atoms with Crippen molar-refractivity contribution in [2.45, 2.75) is 33.1 Å². The van der Waals surface area contributed by atoms with Crippen molar-refractivity contribution in [2.75, 3.05) is 23.7 Å². The van der Waals surface area contributed by atoms with Crippen LogP contribution in [0.3, 0.4) is 0 Å². The Kier molecular flexibility index (Phi) is 6.63. The summed E-state index contributed by atoms with van der Waals surface area (Å²) in [6.45, 7) is 5.05. The summed E-state index contributed by atoms with van der Waals surface area (Å²) in [5.41, 5.74) is 0. The molecule has 1 atom stereocenters. The van der Waals surface area contributed by atoms with Gasteiger partial charge < -0.3 is 15.7 Å². The van der Waals surface area contributed by atoms with Crippen molar-refractivity contribution in [1.29, 1.82) is 0 Å². The fourth-order valence-corrected chi connectivity index (χ4v) is 1.49. The second-order valence-corrected chi connectivity index (χ2v) is 4.54. The molecule has 0 bridgehead atoms. The van der Waals surface area contributed by atoms with E-state index in [1.165, 1.54) is 19.2 Å². The zero-order valence-electron chi connectivity index (χ0n) is 11.5. The van der Waals surface area contributed by atoms with Gasteiger partial charge in [-0.25, -0.2) is 9.97 Å². The molecule has 106 valence electrons. The van der Waals surface area contributed by atoms with Crippen LogP contribution in [0.15, 0.2) is 12.4 Å². The lowest BCUT2D eigenvalue weighted by atomic mass is 10.2. The number of hydrogen-bond acceptors (Lipinski definition) is 5. The van der Waals surface area contributed by atoms with Crippen LogP contribution in [0.4, 0.5) is 11.6 Å². The zero-order chi connectivity index (χ0) is 14.1. The van der Waals surface area contributed by atoms with Gasteiger partial charge in [-0.1, -0.05) is 26.7 Å². The Labute approximate surface area is 113 Å². The summed E-state index contributed by atoms with van der Waals surface area (Å²) >= 11 is 0. The lowest BCUT2D eigenvalue weighted by Crippen LogP contribution is -2.20. The van der Waals surface area contributed by atoms with E-state index in [0.717, 1.165) is 18.8 Å². The molecular formula is C13H22N4O2. The molecule has 6 nitrogen and oxygen atoms in total. The SMILES string of the molecule is CCCCCNc1cc(NCC(C)C(=O)O)ncn1. The third-order valence-corrected chi connectivity index (χ3v) is 2.76. The highest BCUT2D eigenvalue weighted by molar-refractivity contribution is 5.70. The van der Waals surface area contributed by atoms with E-state index < -0.39 is 11.9 Å². The molecule has 0 aliphatic carbocycles. The summed E-state index contributed by atoms with van der Waals surface area (Å²) in [6.07, 6.45) is 4.96. The van der Waals surface area contributed by atoms with Gasteiger partial charge in [0.2, 0.25) is 0 Å². The van der Waals surface area contributed by atoms with E-state index in [1.807, 2.05) is 0 Å². The molecule has 0 saturated heterocycles. The van der Waals surface area contributed by atoms with E-state index in [1.54, 1.807) is 13.0 Å². The van der Waals surface area contributed by atoms with Crippen molar-refractivity contribution in [3.05, 3.63) is 12.4 Å². The lowest BCUT2D eigenvalue weighted by molar-refractivity contribution is -0.140. The van der Waals surface area contributed by atoms with E-state index in [2.05, 4.69) is 27.5 Å². The molecule has 0 aliphatic rings. The number of hydrogen-bond donors (Lipinski definition) is 3. The molecule has 19 heavy (non-hydrogen) atoms. The van der Waals surface area contributed by atoms with Crippen LogP contribution in [0.1, 0.15) is 33.1 Å². The number of nitrogens with zero attached hydrogens (tertiary/aromatic N) is 2. The van der Waals surface area contributed by atoms with Crippen molar-refractivity contribution < 1.29 is 9.90 Å². The highest BCUT2D eigenvalue weighted by Crippen LogP contribution is 2.09. The summed E-state index contributed by atoms with van der Waals surface area (Å²) in [6, 6.07) is 1.79. The minimum Gasteiger partial charge on any atom is -0.481 e. The Morgan fingerprint density at radius 1 is 1.32 bits per heavy atom. The highest BCUT2D eigenvalue weighted by atomic mass is 16.4. The molecule has 1 aromatic heterocycles. The van der Waals surface area contributed by atoms with Gasteiger partial charge in [0.1, 0.15) is 18.0 Å². The number of nitrogens with one attached hydrogen (secondary N) is 2. The Hall–Kier alpha value is -1.85. The van der Waals surface area contributed by atoms with Crippen molar-refractivity contribution in [2.24, 2.45) is 5.92 Å². The van der Waals surface area contributed by atoms with Gasteiger partial charge in [-0.2, -0.15) is 0 Å². The Bertz CT molecular complexity index is 398. The first kappa shape index (κ1) is 15.2. The van der Waals surface area contributed by atoms with E-state index in [0.29, 0.717) is 12.4 Å². The van der Waals surface area contributed by atoms with E-state index >= 15 is 0 Å². The highest BCUT2D eigenvalue weighted by Gasteiger charge is 2.10. The van der Waals surface area contributed by atoms with Crippen LogP contribution >= 0.6 is 0 Å². The summed E-state index contributed by atoms with van der Waals surface area (Å²) in [7, 11) is 0. The number of aliphatic carboxylic acids is 1. The average Bonchev–Trinajstić information content (AvgIpc) is 2.41. The van der Waals surface area contributed by atoms with Crippen LogP contribution in [0, 0.1) is 5.92 Å². The van der Waals surface area contributed by atoms with Gasteiger partial charge in [0.25, 0.3) is 0 Å². The van der Waals surface area contributed by atoms with E-state index in [9.17, 15) is 4.79 Å². The summed E-state index contributed by atoms with van der Waals surface area (Å²) < 4.78 is 0. The predicted molar refractivity (Wildman–Crippen MR) is 75.3 cm³/mol. The van der Waals surface area contributed by atoms with Crippen molar-refractivity contribution in [3.8, 4) is 0 Å². The van der Waals surface area contributed by atoms with Crippen molar-refractivity contribution in [1.82, 2.24) is 9.97 Å². The number of anilines is 2. The van der Waals surface area contributed by atoms with Crippen LogP contribution < -0.4 is 10.6 Å². The van der Waals surface area contributed by atoms with Gasteiger partial charge in [0, 0.05) is 19.2 Å². The molecular weight excluding hydrogens is 244 g/mol. The van der Waals surface area contributed by atoms with E-state index in [-0.39, 0.29) is 0 Å². The summed E-state index contributed by atoms with van der Waals surface area (Å²) in [5.74, 6) is 0.132. The number of carboxylic acid groups (broad SMARTS) is 1. The maximum absolute atomic E-state index is 10.7. The monoisotopic (exact) mass is 266 g/mol. The maximum Gasteiger partial charge on any atom is 0.308 e. The van der Waals surface area contributed by atoms with Gasteiger partial charge >= 0.3 is 5.97 Å². The second kappa shape index (κ2) is 8.29. The third-order valence-electron chi connectivity index (χ3n) is 2.76. The van der Waals surface area contributed by atoms with Crippen LogP contribution in [-0.2, 0) is 4.79 Å². The minimum atomic E-state index is -0.820. The Morgan fingerprint density at radius 3 is 2.63 bits per heavy atom. The fourth-order valence-electron chi connectivity index (χ4n) is 1.49. The predicted octanol–water partition coefficient (Wildman–Crippen LogP) is 2.21. The molecule has 0 spiro atoms. The van der Waals surface area contributed by atoms with Crippen molar-refractivity contribution >= 4 is 17.6 Å². The Morgan fingerprint density at radius 2 is 2.00 bits per heavy atom. The molecule has 1 aromatic rings. The fraction of sp³-hybridized carbons (Fsp3) is 0.615. The lowest BCUT2D eigenvalue weighted by Gasteiger charge is -2.10. The largest absolute Gasteiger partial charge is 0.481 e. The molecule has 3 N–H and O–H groups in total. The molecule has 1 unspecified atom stereocenters. The molecule has 0 aliphatic heterocycles. The van der Waals surface area contributed by atoms with Gasteiger partial charge in [0.05, 0.1) is 5.92 Å². The van der Waals surface area contributed by atoms with Crippen LogP contribution in [-0.4, -0.2) is 34.1 Å². The van der Waals surface area contributed by atoms with Gasteiger partial charge in [-0.3, -0.25) is 4.79 Å². The first-order chi connectivity index (χ1) is 9.13.